The molecule has 1 aliphatic rings. The minimum atomic E-state index is -0.277. The summed E-state index contributed by atoms with van der Waals surface area (Å²) in [5.41, 5.74) is 1.89. The summed E-state index contributed by atoms with van der Waals surface area (Å²) in [5.74, 6) is 0.641. The predicted molar refractivity (Wildman–Crippen MR) is 105 cm³/mol. The third-order valence-corrected chi connectivity index (χ3v) is 4.89. The molecule has 0 atom stereocenters. The molecule has 1 fully saturated rings. The zero-order valence-corrected chi connectivity index (χ0v) is 15.9. The van der Waals surface area contributed by atoms with E-state index in [0.29, 0.717) is 13.1 Å². The van der Waals surface area contributed by atoms with Gasteiger partial charge < -0.3 is 14.5 Å². The first kappa shape index (κ1) is 19.2. The standard InChI is InChI=1S/C21H26FN3O2/c1-23(15-17-6-5-7-18(22)14-17)21(26)16-24-10-12-25(13-11-24)19-8-3-4-9-20(19)27-2/h3-9,14H,10-13,15-16H2,1-2H3. The van der Waals surface area contributed by atoms with Gasteiger partial charge in [0.25, 0.3) is 0 Å². The van der Waals surface area contributed by atoms with Crippen molar-refractivity contribution < 1.29 is 13.9 Å². The highest BCUT2D eigenvalue weighted by Gasteiger charge is 2.22. The molecule has 27 heavy (non-hydrogen) atoms. The van der Waals surface area contributed by atoms with Gasteiger partial charge in [-0.2, -0.15) is 0 Å². The molecule has 1 aliphatic heterocycles. The number of hydrogen-bond acceptors (Lipinski definition) is 4. The Balaban J connectivity index is 1.50. The van der Waals surface area contributed by atoms with E-state index in [-0.39, 0.29) is 11.7 Å². The van der Waals surface area contributed by atoms with Crippen LogP contribution in [0.15, 0.2) is 48.5 Å². The first-order chi connectivity index (χ1) is 13.1. The number of nitrogens with zero attached hydrogens (tertiary/aromatic N) is 3. The highest BCUT2D eigenvalue weighted by Crippen LogP contribution is 2.28. The maximum Gasteiger partial charge on any atom is 0.236 e. The summed E-state index contributed by atoms with van der Waals surface area (Å²) < 4.78 is 18.7. The molecule has 1 heterocycles. The lowest BCUT2D eigenvalue weighted by Gasteiger charge is -2.36. The van der Waals surface area contributed by atoms with Gasteiger partial charge in [0, 0.05) is 39.8 Å². The minimum Gasteiger partial charge on any atom is -0.495 e. The van der Waals surface area contributed by atoms with E-state index in [0.717, 1.165) is 43.2 Å². The van der Waals surface area contributed by atoms with Crippen molar-refractivity contribution in [3.8, 4) is 5.75 Å². The van der Waals surface area contributed by atoms with Gasteiger partial charge in [0.1, 0.15) is 11.6 Å². The maximum atomic E-state index is 13.3. The number of hydrogen-bond donors (Lipinski definition) is 0. The number of amides is 1. The zero-order valence-electron chi connectivity index (χ0n) is 15.9. The fourth-order valence-electron chi connectivity index (χ4n) is 3.35. The van der Waals surface area contributed by atoms with Crippen molar-refractivity contribution in [3.05, 3.63) is 59.9 Å². The third kappa shape index (κ3) is 4.98. The van der Waals surface area contributed by atoms with Crippen molar-refractivity contribution >= 4 is 11.6 Å². The first-order valence-electron chi connectivity index (χ1n) is 9.15. The average Bonchev–Trinajstić information content (AvgIpc) is 2.68. The maximum absolute atomic E-state index is 13.3. The molecule has 6 heteroatoms. The van der Waals surface area contributed by atoms with E-state index in [1.807, 2.05) is 24.3 Å². The van der Waals surface area contributed by atoms with Crippen LogP contribution in [0, 0.1) is 5.82 Å². The van der Waals surface area contributed by atoms with Gasteiger partial charge in [0.2, 0.25) is 5.91 Å². The van der Waals surface area contributed by atoms with E-state index in [9.17, 15) is 9.18 Å². The summed E-state index contributed by atoms with van der Waals surface area (Å²) in [7, 11) is 3.44. The molecule has 0 unspecified atom stereocenters. The SMILES string of the molecule is COc1ccccc1N1CCN(CC(=O)N(C)Cc2cccc(F)c2)CC1. The van der Waals surface area contributed by atoms with Crippen LogP contribution in [-0.4, -0.2) is 62.6 Å². The molecule has 0 radical (unpaired) electrons. The van der Waals surface area contributed by atoms with Crippen molar-refractivity contribution in [2.75, 3.05) is 51.8 Å². The molecule has 1 saturated heterocycles. The molecule has 5 nitrogen and oxygen atoms in total. The monoisotopic (exact) mass is 371 g/mol. The number of rotatable bonds is 6. The number of ether oxygens (including phenoxy) is 1. The number of anilines is 1. The van der Waals surface area contributed by atoms with Crippen molar-refractivity contribution in [1.29, 1.82) is 0 Å². The summed E-state index contributed by atoms with van der Waals surface area (Å²) in [4.78, 5) is 18.6. The Labute approximate surface area is 159 Å². The minimum absolute atomic E-state index is 0.0463. The van der Waals surface area contributed by atoms with Gasteiger partial charge in [-0.3, -0.25) is 9.69 Å². The molecular weight excluding hydrogens is 345 g/mol. The summed E-state index contributed by atoms with van der Waals surface area (Å²) >= 11 is 0. The number of methoxy groups -OCH3 is 1. The lowest BCUT2D eigenvalue weighted by Crippen LogP contribution is -2.49. The van der Waals surface area contributed by atoms with Crippen LogP contribution in [0.5, 0.6) is 5.75 Å². The Morgan fingerprint density at radius 1 is 1.11 bits per heavy atom. The normalized spacial score (nSPS) is 14.9. The van der Waals surface area contributed by atoms with Gasteiger partial charge in [-0.1, -0.05) is 24.3 Å². The second-order valence-corrected chi connectivity index (χ2v) is 6.81. The lowest BCUT2D eigenvalue weighted by atomic mass is 10.2. The predicted octanol–water partition coefficient (Wildman–Crippen LogP) is 2.61. The van der Waals surface area contributed by atoms with Crippen LogP contribution in [0.2, 0.25) is 0 Å². The largest absolute Gasteiger partial charge is 0.495 e. The van der Waals surface area contributed by atoms with Crippen molar-refractivity contribution in [2.24, 2.45) is 0 Å². The first-order valence-corrected chi connectivity index (χ1v) is 9.15. The van der Waals surface area contributed by atoms with Crippen LogP contribution in [0.25, 0.3) is 0 Å². The van der Waals surface area contributed by atoms with Crippen LogP contribution in [-0.2, 0) is 11.3 Å². The van der Waals surface area contributed by atoms with E-state index in [2.05, 4.69) is 15.9 Å². The van der Waals surface area contributed by atoms with Gasteiger partial charge >= 0.3 is 0 Å². The average molecular weight is 371 g/mol. The van der Waals surface area contributed by atoms with E-state index < -0.39 is 0 Å². The van der Waals surface area contributed by atoms with Gasteiger partial charge in [-0.25, -0.2) is 4.39 Å². The molecule has 0 aromatic heterocycles. The summed E-state index contributed by atoms with van der Waals surface area (Å²) in [6, 6.07) is 14.4. The van der Waals surface area contributed by atoms with Gasteiger partial charge in [0.15, 0.2) is 0 Å². The van der Waals surface area contributed by atoms with Crippen LogP contribution in [0.4, 0.5) is 10.1 Å². The molecule has 1 amide bonds. The van der Waals surface area contributed by atoms with Crippen LogP contribution in [0.1, 0.15) is 5.56 Å². The Morgan fingerprint density at radius 3 is 2.56 bits per heavy atom. The van der Waals surface area contributed by atoms with E-state index >= 15 is 0 Å². The molecule has 0 N–H and O–H groups in total. The topological polar surface area (TPSA) is 36.0 Å². The van der Waals surface area contributed by atoms with Crippen LogP contribution >= 0.6 is 0 Å². The van der Waals surface area contributed by atoms with Crippen LogP contribution < -0.4 is 9.64 Å². The van der Waals surface area contributed by atoms with Crippen molar-refractivity contribution in [3.63, 3.8) is 0 Å². The molecule has 2 aromatic carbocycles. The van der Waals surface area contributed by atoms with E-state index in [1.165, 1.54) is 12.1 Å². The molecule has 2 aromatic rings. The Morgan fingerprint density at radius 2 is 1.85 bits per heavy atom. The number of likely N-dealkylation sites (N-methyl/N-ethyl adjacent to an activating group) is 1. The summed E-state index contributed by atoms with van der Waals surface area (Å²) in [5, 5.41) is 0. The van der Waals surface area contributed by atoms with Crippen molar-refractivity contribution in [2.45, 2.75) is 6.54 Å². The highest BCUT2D eigenvalue weighted by molar-refractivity contribution is 5.78. The number of benzene rings is 2. The zero-order chi connectivity index (χ0) is 19.2. The number of para-hydroxylation sites is 2. The molecular formula is C21H26FN3O2. The number of halogens is 1. The summed E-state index contributed by atoms with van der Waals surface area (Å²) in [6.07, 6.45) is 0. The second kappa shape index (κ2) is 8.86. The smallest absolute Gasteiger partial charge is 0.236 e. The lowest BCUT2D eigenvalue weighted by molar-refractivity contribution is -0.131. The van der Waals surface area contributed by atoms with Crippen molar-refractivity contribution in [1.82, 2.24) is 9.80 Å². The number of carbonyl (C=O) groups excluding carboxylic acids is 1. The van der Waals surface area contributed by atoms with Gasteiger partial charge in [0.05, 0.1) is 19.3 Å². The molecule has 0 spiro atoms. The van der Waals surface area contributed by atoms with Crippen LogP contribution in [0.3, 0.4) is 0 Å². The molecule has 3 rings (SSSR count). The fraction of sp³-hybridized carbons (Fsp3) is 0.381. The molecule has 0 saturated carbocycles. The number of carbonyl (C=O) groups is 1. The van der Waals surface area contributed by atoms with Gasteiger partial charge in [-0.15, -0.1) is 0 Å². The Kier molecular flexibility index (Phi) is 6.29. The van der Waals surface area contributed by atoms with E-state index in [4.69, 9.17) is 4.74 Å². The summed E-state index contributed by atoms with van der Waals surface area (Å²) in [6.45, 7) is 4.13. The highest BCUT2D eigenvalue weighted by atomic mass is 19.1. The van der Waals surface area contributed by atoms with E-state index in [1.54, 1.807) is 25.1 Å². The molecule has 144 valence electrons. The Hall–Kier alpha value is -2.60. The van der Waals surface area contributed by atoms with Gasteiger partial charge in [-0.05, 0) is 29.8 Å². The quantitative estimate of drug-likeness (QED) is 0.782. The second-order valence-electron chi connectivity index (χ2n) is 6.81. The molecule has 0 bridgehead atoms. The third-order valence-electron chi connectivity index (χ3n) is 4.89. The Bertz CT molecular complexity index is 776. The molecule has 0 aliphatic carbocycles. The fourth-order valence-corrected chi connectivity index (χ4v) is 3.35. The number of piperazine rings is 1.